The lowest BCUT2D eigenvalue weighted by molar-refractivity contribution is 0.0951. The molecule has 1 aromatic carbocycles. The highest BCUT2D eigenvalue weighted by molar-refractivity contribution is 7.99. The molecular weight excluding hydrogens is 396 g/mol. The number of rotatable bonds is 6. The van der Waals surface area contributed by atoms with Crippen LogP contribution in [-0.2, 0) is 0 Å². The molecule has 1 aliphatic heterocycles. The van der Waals surface area contributed by atoms with E-state index in [-0.39, 0.29) is 29.8 Å². The van der Waals surface area contributed by atoms with Gasteiger partial charge in [0.25, 0.3) is 5.91 Å². The molecule has 1 aromatic heterocycles. The Kier molecular flexibility index (Phi) is 8.60. The zero-order valence-corrected chi connectivity index (χ0v) is 17.9. The van der Waals surface area contributed by atoms with Gasteiger partial charge in [-0.25, -0.2) is 4.79 Å². The first-order chi connectivity index (χ1) is 13.0. The summed E-state index contributed by atoms with van der Waals surface area (Å²) >= 11 is 1.67. The van der Waals surface area contributed by atoms with Crippen LogP contribution in [0.5, 0.6) is 0 Å². The molecule has 28 heavy (non-hydrogen) atoms. The highest BCUT2D eigenvalue weighted by Gasteiger charge is 2.22. The molecule has 5 nitrogen and oxygen atoms in total. The molecule has 2 aromatic rings. The minimum Gasteiger partial charge on any atom is -0.427 e. The number of benzene rings is 1. The summed E-state index contributed by atoms with van der Waals surface area (Å²) in [5.41, 5.74) is 1.47. The Morgan fingerprint density at radius 1 is 1.29 bits per heavy atom. The fraction of sp³-hybridized carbons (Fsp3) is 0.429. The summed E-state index contributed by atoms with van der Waals surface area (Å²) in [5.74, 6) is 1.26. The average Bonchev–Trinajstić information content (AvgIpc) is 2.67. The molecule has 152 valence electrons. The monoisotopic (exact) mass is 422 g/mol. The lowest BCUT2D eigenvalue weighted by Gasteiger charge is -2.22. The van der Waals surface area contributed by atoms with Crippen LogP contribution in [0.3, 0.4) is 0 Å². The van der Waals surface area contributed by atoms with Gasteiger partial charge in [-0.3, -0.25) is 4.79 Å². The normalized spacial score (nSPS) is 16.3. The van der Waals surface area contributed by atoms with E-state index < -0.39 is 5.63 Å². The molecule has 0 aliphatic carbocycles. The van der Waals surface area contributed by atoms with Crippen molar-refractivity contribution in [3.05, 3.63) is 63.2 Å². The van der Waals surface area contributed by atoms with Gasteiger partial charge in [-0.15, -0.1) is 24.2 Å². The van der Waals surface area contributed by atoms with Gasteiger partial charge < -0.3 is 15.1 Å². The van der Waals surface area contributed by atoms with E-state index in [4.69, 9.17) is 4.42 Å². The fourth-order valence-corrected chi connectivity index (χ4v) is 4.03. The van der Waals surface area contributed by atoms with Crippen molar-refractivity contribution in [2.75, 3.05) is 25.4 Å². The van der Waals surface area contributed by atoms with Crippen molar-refractivity contribution in [2.45, 2.75) is 37.5 Å². The van der Waals surface area contributed by atoms with Crippen molar-refractivity contribution < 1.29 is 9.21 Å². The molecule has 1 unspecified atom stereocenters. The lowest BCUT2D eigenvalue weighted by Crippen LogP contribution is -2.32. The van der Waals surface area contributed by atoms with Crippen LogP contribution in [0.25, 0.3) is 0 Å². The first-order valence-corrected chi connectivity index (χ1v) is 10.4. The summed E-state index contributed by atoms with van der Waals surface area (Å²) in [4.78, 5) is 26.0. The maximum absolute atomic E-state index is 12.4. The van der Waals surface area contributed by atoms with Gasteiger partial charge in [0.2, 0.25) is 0 Å². The third-order valence-corrected chi connectivity index (χ3v) is 5.79. The van der Waals surface area contributed by atoms with E-state index in [9.17, 15) is 9.59 Å². The largest absolute Gasteiger partial charge is 0.427 e. The highest BCUT2D eigenvalue weighted by atomic mass is 35.5. The lowest BCUT2D eigenvalue weighted by atomic mass is 9.95. The summed E-state index contributed by atoms with van der Waals surface area (Å²) < 4.78 is 5.48. The van der Waals surface area contributed by atoms with Crippen LogP contribution in [-0.4, -0.2) is 31.3 Å². The number of hydrogen-bond donors (Lipinski definition) is 2. The Labute approximate surface area is 176 Å². The maximum atomic E-state index is 12.4. The van der Waals surface area contributed by atoms with Crippen molar-refractivity contribution in [3.8, 4) is 0 Å². The topological polar surface area (TPSA) is 71.3 Å². The quantitative estimate of drug-likeness (QED) is 0.549. The smallest absolute Gasteiger partial charge is 0.349 e. The first-order valence-electron chi connectivity index (χ1n) is 9.37. The Balaban J connectivity index is 0.00000280. The molecule has 1 atom stereocenters. The van der Waals surface area contributed by atoms with Crippen molar-refractivity contribution in [1.29, 1.82) is 0 Å². The van der Waals surface area contributed by atoms with Crippen molar-refractivity contribution in [2.24, 2.45) is 0 Å². The van der Waals surface area contributed by atoms with Gasteiger partial charge in [-0.2, -0.15) is 0 Å². The van der Waals surface area contributed by atoms with Crippen LogP contribution in [0.4, 0.5) is 0 Å². The van der Waals surface area contributed by atoms with Crippen molar-refractivity contribution >= 4 is 30.1 Å². The Bertz CT molecular complexity index is 846. The molecule has 2 N–H and O–H groups in total. The molecule has 7 heteroatoms. The third-order valence-electron chi connectivity index (χ3n) is 4.77. The minimum absolute atomic E-state index is 0. The summed E-state index contributed by atoms with van der Waals surface area (Å²) in [6.07, 6.45) is 2.06. The zero-order chi connectivity index (χ0) is 19.2. The van der Waals surface area contributed by atoms with E-state index >= 15 is 0 Å². The predicted octanol–water partition coefficient (Wildman–Crippen LogP) is 3.67. The van der Waals surface area contributed by atoms with Crippen LogP contribution in [0.1, 0.15) is 46.0 Å². The number of amides is 1. The van der Waals surface area contributed by atoms with Gasteiger partial charge >= 0.3 is 5.63 Å². The number of carbonyl (C=O) groups is 1. The van der Waals surface area contributed by atoms with Gasteiger partial charge in [-0.05, 0) is 57.0 Å². The van der Waals surface area contributed by atoms with Crippen LogP contribution in [0, 0.1) is 13.8 Å². The second-order valence-electron chi connectivity index (χ2n) is 6.95. The standard InChI is InChI=1S/C21H26N2O3S.ClH/c1-14-5-7-17(8-6-14)27-11-10-23-20(24)19-15(2)12-18(26-21(19)25)16-4-3-9-22-13-16;/h5-8,12,16,22H,3-4,9-11,13H2,1-2H3,(H,23,24);1H. The van der Waals surface area contributed by atoms with E-state index in [0.29, 0.717) is 17.9 Å². The number of hydrogen-bond acceptors (Lipinski definition) is 5. The summed E-state index contributed by atoms with van der Waals surface area (Å²) in [6, 6.07) is 10.1. The summed E-state index contributed by atoms with van der Waals surface area (Å²) in [5, 5.41) is 6.15. The SMILES string of the molecule is Cc1ccc(SCCNC(=O)c2c(C)cc(C3CCCNC3)oc2=O)cc1.Cl. The van der Waals surface area contributed by atoms with Crippen LogP contribution >= 0.6 is 24.2 Å². The van der Waals surface area contributed by atoms with Crippen molar-refractivity contribution in [3.63, 3.8) is 0 Å². The molecule has 1 aliphatic rings. The number of piperidine rings is 1. The molecular formula is C21H27ClN2O3S. The average molecular weight is 423 g/mol. The molecule has 0 radical (unpaired) electrons. The van der Waals surface area contributed by atoms with E-state index in [1.807, 2.05) is 6.07 Å². The Hall–Kier alpha value is -1.76. The van der Waals surface area contributed by atoms with E-state index in [1.165, 1.54) is 5.56 Å². The molecule has 0 spiro atoms. The van der Waals surface area contributed by atoms with E-state index in [1.54, 1.807) is 18.7 Å². The van der Waals surface area contributed by atoms with Gasteiger partial charge in [0, 0.05) is 29.7 Å². The molecule has 2 heterocycles. The van der Waals surface area contributed by atoms with Crippen LogP contribution in [0.2, 0.25) is 0 Å². The van der Waals surface area contributed by atoms with Crippen LogP contribution < -0.4 is 16.3 Å². The molecule has 1 amide bonds. The molecule has 1 saturated heterocycles. The first kappa shape index (κ1) is 22.5. The van der Waals surface area contributed by atoms with Gasteiger partial charge in [0.05, 0.1) is 0 Å². The van der Waals surface area contributed by atoms with Gasteiger partial charge in [-0.1, -0.05) is 17.7 Å². The van der Waals surface area contributed by atoms with Crippen molar-refractivity contribution in [1.82, 2.24) is 10.6 Å². The molecule has 1 fully saturated rings. The second kappa shape index (κ2) is 10.7. The second-order valence-corrected chi connectivity index (χ2v) is 8.12. The number of halogens is 1. The molecule has 0 saturated carbocycles. The molecule has 0 bridgehead atoms. The zero-order valence-electron chi connectivity index (χ0n) is 16.2. The Morgan fingerprint density at radius 2 is 2.04 bits per heavy atom. The maximum Gasteiger partial charge on any atom is 0.349 e. The summed E-state index contributed by atoms with van der Waals surface area (Å²) in [6.45, 7) is 6.15. The number of carbonyl (C=O) groups excluding carboxylic acids is 1. The van der Waals surface area contributed by atoms with Crippen LogP contribution in [0.15, 0.2) is 44.4 Å². The fourth-order valence-electron chi connectivity index (χ4n) is 3.26. The minimum atomic E-state index is -0.542. The Morgan fingerprint density at radius 3 is 2.68 bits per heavy atom. The number of nitrogens with one attached hydrogen (secondary N) is 2. The van der Waals surface area contributed by atoms with Gasteiger partial charge in [0.1, 0.15) is 11.3 Å². The predicted molar refractivity (Wildman–Crippen MR) is 116 cm³/mol. The van der Waals surface area contributed by atoms with E-state index in [0.717, 1.165) is 36.6 Å². The number of aryl methyl sites for hydroxylation is 2. The van der Waals surface area contributed by atoms with Gasteiger partial charge in [0.15, 0.2) is 0 Å². The third kappa shape index (κ3) is 5.87. The molecule has 3 rings (SSSR count). The number of thioether (sulfide) groups is 1. The van der Waals surface area contributed by atoms with E-state index in [2.05, 4.69) is 41.8 Å². The summed E-state index contributed by atoms with van der Waals surface area (Å²) in [7, 11) is 0. The highest BCUT2D eigenvalue weighted by Crippen LogP contribution is 2.23.